The minimum atomic E-state index is -0.151. The largest absolute Gasteiger partial charge is 0.288 e. The van der Waals surface area contributed by atoms with Crippen molar-refractivity contribution in [2.24, 2.45) is 0 Å². The number of likely N-dealkylation sites (tertiary alicyclic amines) is 1. The summed E-state index contributed by atoms with van der Waals surface area (Å²) < 4.78 is 0. The van der Waals surface area contributed by atoms with Crippen molar-refractivity contribution in [3.8, 4) is 11.8 Å². The van der Waals surface area contributed by atoms with Crippen molar-refractivity contribution >= 4 is 16.9 Å². The lowest BCUT2D eigenvalue weighted by Gasteiger charge is -2.30. The van der Waals surface area contributed by atoms with Crippen LogP contribution in [0.15, 0.2) is 0 Å². The fraction of sp³-hybridized carbons (Fsp3) is 0.727. The SMILES string of the molecule is CSC(=O)C#CC(C)(C)N1CCCC1. The fourth-order valence-electron chi connectivity index (χ4n) is 1.61. The zero-order chi connectivity index (χ0) is 10.6. The van der Waals surface area contributed by atoms with E-state index in [4.69, 9.17) is 0 Å². The highest BCUT2D eigenvalue weighted by Gasteiger charge is 2.26. The second-order valence-electron chi connectivity index (χ2n) is 3.99. The van der Waals surface area contributed by atoms with Crippen molar-refractivity contribution in [1.29, 1.82) is 0 Å². The van der Waals surface area contributed by atoms with E-state index in [9.17, 15) is 4.79 Å². The third-order valence-corrected chi connectivity index (χ3v) is 3.03. The van der Waals surface area contributed by atoms with E-state index in [2.05, 4.69) is 30.6 Å². The molecule has 0 aromatic carbocycles. The molecular weight excluding hydrogens is 194 g/mol. The highest BCUT2D eigenvalue weighted by molar-refractivity contribution is 8.13. The van der Waals surface area contributed by atoms with E-state index >= 15 is 0 Å². The number of nitrogens with zero attached hydrogens (tertiary/aromatic N) is 1. The lowest BCUT2D eigenvalue weighted by molar-refractivity contribution is -0.106. The zero-order valence-corrected chi connectivity index (χ0v) is 9.91. The highest BCUT2D eigenvalue weighted by atomic mass is 32.2. The van der Waals surface area contributed by atoms with Crippen LogP contribution in [0.25, 0.3) is 0 Å². The first-order valence-corrected chi connectivity index (χ1v) is 6.15. The summed E-state index contributed by atoms with van der Waals surface area (Å²) in [6.45, 7) is 6.38. The molecule has 0 amide bonds. The Morgan fingerprint density at radius 1 is 1.36 bits per heavy atom. The van der Waals surface area contributed by atoms with E-state index < -0.39 is 0 Å². The number of rotatable bonds is 1. The first-order valence-electron chi connectivity index (χ1n) is 4.92. The van der Waals surface area contributed by atoms with E-state index in [1.165, 1.54) is 24.6 Å². The van der Waals surface area contributed by atoms with E-state index in [1.807, 2.05) is 0 Å². The molecule has 1 heterocycles. The third kappa shape index (κ3) is 3.04. The number of carbonyl (C=O) groups excluding carboxylic acids is 1. The normalized spacial score (nSPS) is 17.6. The molecule has 3 heteroatoms. The molecule has 0 aliphatic carbocycles. The van der Waals surface area contributed by atoms with E-state index in [-0.39, 0.29) is 10.7 Å². The van der Waals surface area contributed by atoms with E-state index in [0.29, 0.717) is 0 Å². The first-order chi connectivity index (χ1) is 6.56. The van der Waals surface area contributed by atoms with Crippen LogP contribution < -0.4 is 0 Å². The molecule has 0 aromatic rings. The minimum absolute atomic E-state index is 0.0442. The topological polar surface area (TPSA) is 20.3 Å². The van der Waals surface area contributed by atoms with Crippen molar-refractivity contribution in [3.05, 3.63) is 0 Å². The Morgan fingerprint density at radius 2 is 1.93 bits per heavy atom. The Labute approximate surface area is 90.4 Å². The van der Waals surface area contributed by atoms with E-state index in [0.717, 1.165) is 13.1 Å². The average molecular weight is 211 g/mol. The highest BCUT2D eigenvalue weighted by Crippen LogP contribution is 2.19. The molecule has 1 aliphatic rings. The van der Waals surface area contributed by atoms with Crippen LogP contribution in [0.3, 0.4) is 0 Å². The molecule has 0 radical (unpaired) electrons. The van der Waals surface area contributed by atoms with Gasteiger partial charge < -0.3 is 0 Å². The molecule has 1 aliphatic heterocycles. The maximum absolute atomic E-state index is 11.0. The Kier molecular flexibility index (Phi) is 4.03. The second kappa shape index (κ2) is 4.86. The summed E-state index contributed by atoms with van der Waals surface area (Å²) in [6, 6.07) is 0. The van der Waals surface area contributed by atoms with Gasteiger partial charge in [-0.05, 0) is 52.0 Å². The first kappa shape index (κ1) is 11.6. The predicted octanol–water partition coefficient (Wildman–Crippen LogP) is 1.75. The van der Waals surface area contributed by atoms with Crippen molar-refractivity contribution < 1.29 is 4.79 Å². The summed E-state index contributed by atoms with van der Waals surface area (Å²) in [7, 11) is 0. The molecule has 2 nitrogen and oxygen atoms in total. The summed E-state index contributed by atoms with van der Waals surface area (Å²) >= 11 is 1.18. The Bertz CT molecular complexity index is 269. The molecule has 0 unspecified atom stereocenters. The van der Waals surface area contributed by atoms with Crippen LogP contribution >= 0.6 is 11.8 Å². The van der Waals surface area contributed by atoms with Crippen LogP contribution in [0.4, 0.5) is 0 Å². The van der Waals surface area contributed by atoms with Gasteiger partial charge in [-0.3, -0.25) is 9.69 Å². The molecule has 0 bridgehead atoms. The molecule has 78 valence electrons. The number of carbonyl (C=O) groups is 1. The van der Waals surface area contributed by atoms with Crippen molar-refractivity contribution in [2.45, 2.75) is 32.2 Å². The zero-order valence-electron chi connectivity index (χ0n) is 9.09. The summed E-state index contributed by atoms with van der Waals surface area (Å²) in [5.74, 6) is 5.74. The Morgan fingerprint density at radius 3 is 2.43 bits per heavy atom. The van der Waals surface area contributed by atoms with Gasteiger partial charge in [0.05, 0.1) is 5.54 Å². The third-order valence-electron chi connectivity index (χ3n) is 2.55. The molecule has 0 atom stereocenters. The summed E-state index contributed by atoms with van der Waals surface area (Å²) in [5.41, 5.74) is -0.151. The van der Waals surface area contributed by atoms with Crippen molar-refractivity contribution in [3.63, 3.8) is 0 Å². The lowest BCUT2D eigenvalue weighted by Crippen LogP contribution is -2.40. The molecule has 0 spiro atoms. The van der Waals surface area contributed by atoms with Crippen molar-refractivity contribution in [1.82, 2.24) is 4.90 Å². The molecule has 1 fully saturated rings. The Balaban J connectivity index is 2.62. The number of thioether (sulfide) groups is 1. The maximum atomic E-state index is 11.0. The van der Waals surface area contributed by atoms with Gasteiger partial charge in [-0.25, -0.2) is 0 Å². The molecule has 1 saturated heterocycles. The van der Waals surface area contributed by atoms with Crippen LogP contribution in [0.2, 0.25) is 0 Å². The van der Waals surface area contributed by atoms with Crippen LogP contribution in [0, 0.1) is 11.8 Å². The molecular formula is C11H17NOS. The van der Waals surface area contributed by atoms with Gasteiger partial charge in [0.2, 0.25) is 0 Å². The van der Waals surface area contributed by atoms with Crippen LogP contribution in [-0.2, 0) is 4.79 Å². The Hall–Kier alpha value is -0.460. The lowest BCUT2D eigenvalue weighted by atomic mass is 10.0. The van der Waals surface area contributed by atoms with Gasteiger partial charge in [-0.2, -0.15) is 0 Å². The van der Waals surface area contributed by atoms with Gasteiger partial charge in [-0.15, -0.1) is 0 Å². The van der Waals surface area contributed by atoms with Crippen LogP contribution in [-0.4, -0.2) is 34.9 Å². The number of hydrogen-bond acceptors (Lipinski definition) is 3. The summed E-state index contributed by atoms with van der Waals surface area (Å²) in [5, 5.41) is -0.0442. The van der Waals surface area contributed by atoms with Gasteiger partial charge in [0.25, 0.3) is 5.12 Å². The second-order valence-corrected chi connectivity index (χ2v) is 4.77. The molecule has 0 N–H and O–H groups in total. The van der Waals surface area contributed by atoms with Gasteiger partial charge in [0.1, 0.15) is 0 Å². The predicted molar refractivity (Wildman–Crippen MR) is 61.2 cm³/mol. The summed E-state index contributed by atoms with van der Waals surface area (Å²) in [4.78, 5) is 13.4. The monoisotopic (exact) mass is 211 g/mol. The minimum Gasteiger partial charge on any atom is -0.288 e. The van der Waals surface area contributed by atoms with Crippen molar-refractivity contribution in [2.75, 3.05) is 19.3 Å². The quantitative estimate of drug-likeness (QED) is 0.616. The molecule has 14 heavy (non-hydrogen) atoms. The fourth-order valence-corrected chi connectivity index (χ4v) is 1.76. The van der Waals surface area contributed by atoms with Gasteiger partial charge >= 0.3 is 0 Å². The van der Waals surface area contributed by atoms with Gasteiger partial charge in [-0.1, -0.05) is 17.7 Å². The molecule has 0 saturated carbocycles. The summed E-state index contributed by atoms with van der Waals surface area (Å²) in [6.07, 6.45) is 4.27. The molecule has 1 rings (SSSR count). The van der Waals surface area contributed by atoms with Gasteiger partial charge in [0, 0.05) is 0 Å². The maximum Gasteiger partial charge on any atom is 0.262 e. The number of hydrogen-bond donors (Lipinski definition) is 0. The molecule has 0 aromatic heterocycles. The smallest absolute Gasteiger partial charge is 0.262 e. The average Bonchev–Trinajstić information content (AvgIpc) is 2.67. The van der Waals surface area contributed by atoms with Crippen LogP contribution in [0.5, 0.6) is 0 Å². The van der Waals surface area contributed by atoms with Crippen LogP contribution in [0.1, 0.15) is 26.7 Å². The van der Waals surface area contributed by atoms with E-state index in [1.54, 1.807) is 6.26 Å². The standard InChI is InChI=1S/C11H17NOS/c1-11(2,7-6-10(13)14-3)12-8-4-5-9-12/h4-5,8-9H2,1-3H3. The van der Waals surface area contributed by atoms with Gasteiger partial charge in [0.15, 0.2) is 0 Å².